The SMILES string of the molecule is COc1c(Br)cccc1N=Nc1c[nH][nH]c1=O. The number of aromatic amines is 2. The Labute approximate surface area is 105 Å². The molecule has 88 valence electrons. The number of hydrogen-bond acceptors (Lipinski definition) is 4. The van der Waals surface area contributed by atoms with Crippen molar-refractivity contribution in [1.29, 1.82) is 0 Å². The van der Waals surface area contributed by atoms with E-state index in [4.69, 9.17) is 4.74 Å². The summed E-state index contributed by atoms with van der Waals surface area (Å²) < 4.78 is 5.96. The minimum Gasteiger partial charge on any atom is -0.493 e. The third-order valence-corrected chi connectivity index (χ3v) is 2.67. The number of methoxy groups -OCH3 is 1. The molecule has 0 saturated heterocycles. The lowest BCUT2D eigenvalue weighted by Crippen LogP contribution is -1.96. The number of hydrogen-bond donors (Lipinski definition) is 2. The molecule has 2 rings (SSSR count). The molecular weight excluding hydrogens is 288 g/mol. The second kappa shape index (κ2) is 4.96. The molecule has 2 aromatic rings. The number of nitrogens with one attached hydrogen (secondary N) is 2. The highest BCUT2D eigenvalue weighted by Gasteiger charge is 2.06. The molecule has 7 heteroatoms. The number of aromatic nitrogens is 2. The van der Waals surface area contributed by atoms with Crippen LogP contribution < -0.4 is 10.3 Å². The van der Waals surface area contributed by atoms with Gasteiger partial charge < -0.3 is 9.84 Å². The average Bonchev–Trinajstić information content (AvgIpc) is 2.72. The maximum absolute atomic E-state index is 11.2. The fraction of sp³-hybridized carbons (Fsp3) is 0.100. The zero-order valence-corrected chi connectivity index (χ0v) is 10.5. The molecule has 2 N–H and O–H groups in total. The zero-order chi connectivity index (χ0) is 12.3. The summed E-state index contributed by atoms with van der Waals surface area (Å²) in [7, 11) is 1.54. The molecule has 0 fully saturated rings. The van der Waals surface area contributed by atoms with Gasteiger partial charge in [0.05, 0.1) is 17.8 Å². The van der Waals surface area contributed by atoms with Crippen LogP contribution in [0.5, 0.6) is 5.75 Å². The van der Waals surface area contributed by atoms with Crippen LogP contribution in [-0.4, -0.2) is 17.3 Å². The Morgan fingerprint density at radius 2 is 2.06 bits per heavy atom. The van der Waals surface area contributed by atoms with Gasteiger partial charge in [-0.05, 0) is 28.1 Å². The topological polar surface area (TPSA) is 82.6 Å². The molecule has 17 heavy (non-hydrogen) atoms. The molecule has 0 aliphatic carbocycles. The van der Waals surface area contributed by atoms with E-state index in [1.807, 2.05) is 12.1 Å². The Kier molecular flexibility index (Phi) is 3.38. The normalized spacial score (nSPS) is 10.9. The Bertz CT molecular complexity index is 602. The summed E-state index contributed by atoms with van der Waals surface area (Å²) >= 11 is 3.34. The van der Waals surface area contributed by atoms with Crippen LogP contribution in [0.2, 0.25) is 0 Å². The molecular formula is C10H9BrN4O2. The fourth-order valence-corrected chi connectivity index (χ4v) is 1.78. The first-order valence-electron chi connectivity index (χ1n) is 4.72. The number of para-hydroxylation sites is 1. The predicted octanol–water partition coefficient (Wildman–Crippen LogP) is 2.89. The van der Waals surface area contributed by atoms with Gasteiger partial charge in [-0.25, -0.2) is 0 Å². The monoisotopic (exact) mass is 296 g/mol. The number of benzene rings is 1. The lowest BCUT2D eigenvalue weighted by Gasteiger charge is -2.04. The first-order chi connectivity index (χ1) is 8.22. The third-order valence-electron chi connectivity index (χ3n) is 2.04. The van der Waals surface area contributed by atoms with Crippen molar-refractivity contribution in [2.75, 3.05) is 7.11 Å². The van der Waals surface area contributed by atoms with Crippen LogP contribution >= 0.6 is 15.9 Å². The van der Waals surface area contributed by atoms with E-state index in [9.17, 15) is 4.79 Å². The smallest absolute Gasteiger partial charge is 0.291 e. The molecule has 0 atom stereocenters. The van der Waals surface area contributed by atoms with E-state index in [2.05, 4.69) is 36.4 Å². The van der Waals surface area contributed by atoms with Crippen LogP contribution in [0.25, 0.3) is 0 Å². The summed E-state index contributed by atoms with van der Waals surface area (Å²) in [4.78, 5) is 11.2. The van der Waals surface area contributed by atoms with Crippen molar-refractivity contribution in [3.05, 3.63) is 39.2 Å². The summed E-state index contributed by atoms with van der Waals surface area (Å²) in [5.41, 5.74) is 0.442. The average molecular weight is 297 g/mol. The summed E-state index contributed by atoms with van der Waals surface area (Å²) in [6, 6.07) is 5.39. The maximum atomic E-state index is 11.2. The van der Waals surface area contributed by atoms with Crippen LogP contribution in [-0.2, 0) is 0 Å². The number of rotatable bonds is 3. The van der Waals surface area contributed by atoms with Crippen LogP contribution in [0.4, 0.5) is 11.4 Å². The van der Waals surface area contributed by atoms with Gasteiger partial charge in [-0.1, -0.05) is 6.07 Å². The number of H-pyrrole nitrogens is 2. The first-order valence-corrected chi connectivity index (χ1v) is 5.52. The van der Waals surface area contributed by atoms with Crippen molar-refractivity contribution in [3.63, 3.8) is 0 Å². The Morgan fingerprint density at radius 1 is 1.29 bits per heavy atom. The number of halogens is 1. The molecule has 0 radical (unpaired) electrons. The van der Waals surface area contributed by atoms with Crippen LogP contribution in [0, 0.1) is 0 Å². The van der Waals surface area contributed by atoms with Crippen LogP contribution in [0.3, 0.4) is 0 Å². The minimum atomic E-state index is -0.317. The lowest BCUT2D eigenvalue weighted by molar-refractivity contribution is 0.413. The van der Waals surface area contributed by atoms with E-state index in [0.29, 0.717) is 11.4 Å². The number of azo groups is 1. The fourth-order valence-electron chi connectivity index (χ4n) is 1.26. The van der Waals surface area contributed by atoms with Gasteiger partial charge >= 0.3 is 0 Å². The van der Waals surface area contributed by atoms with E-state index in [1.54, 1.807) is 13.2 Å². The van der Waals surface area contributed by atoms with Crippen molar-refractivity contribution >= 4 is 27.3 Å². The van der Waals surface area contributed by atoms with Gasteiger partial charge in [-0.3, -0.25) is 9.89 Å². The number of nitrogens with zero attached hydrogens (tertiary/aromatic N) is 2. The van der Waals surface area contributed by atoms with Gasteiger partial charge in [-0.2, -0.15) is 0 Å². The van der Waals surface area contributed by atoms with E-state index in [-0.39, 0.29) is 11.2 Å². The van der Waals surface area contributed by atoms with Crippen molar-refractivity contribution in [2.24, 2.45) is 10.2 Å². The molecule has 0 spiro atoms. The molecule has 0 amide bonds. The van der Waals surface area contributed by atoms with Crippen molar-refractivity contribution in [1.82, 2.24) is 10.2 Å². The molecule has 1 aromatic carbocycles. The van der Waals surface area contributed by atoms with Gasteiger partial charge in [0.25, 0.3) is 5.56 Å². The Balaban J connectivity index is 2.37. The van der Waals surface area contributed by atoms with Crippen molar-refractivity contribution in [2.45, 2.75) is 0 Å². The highest BCUT2D eigenvalue weighted by Crippen LogP contribution is 2.35. The molecule has 0 saturated carbocycles. The highest BCUT2D eigenvalue weighted by atomic mass is 79.9. The predicted molar refractivity (Wildman–Crippen MR) is 66.3 cm³/mol. The maximum Gasteiger partial charge on any atom is 0.291 e. The molecule has 1 aromatic heterocycles. The van der Waals surface area contributed by atoms with Crippen molar-refractivity contribution in [3.8, 4) is 5.75 Å². The molecule has 0 aliphatic rings. The number of ether oxygens (including phenoxy) is 1. The van der Waals surface area contributed by atoms with Crippen molar-refractivity contribution < 1.29 is 4.74 Å². The van der Waals surface area contributed by atoms with E-state index in [1.165, 1.54) is 6.20 Å². The zero-order valence-electron chi connectivity index (χ0n) is 8.90. The summed E-state index contributed by atoms with van der Waals surface area (Å²) in [6.07, 6.45) is 1.44. The Morgan fingerprint density at radius 3 is 2.71 bits per heavy atom. The standard InChI is InChI=1S/C10H9BrN4O2/c1-17-9-6(11)3-2-4-7(9)13-14-8-5-12-15-10(8)16/h2-5H,1H3,(H2,12,15,16). The van der Waals surface area contributed by atoms with Gasteiger partial charge in [0.1, 0.15) is 5.69 Å². The van der Waals surface area contributed by atoms with Gasteiger partial charge in [0, 0.05) is 0 Å². The van der Waals surface area contributed by atoms with Crippen LogP contribution in [0.15, 0.2) is 43.9 Å². The minimum absolute atomic E-state index is 0.215. The summed E-state index contributed by atoms with van der Waals surface area (Å²) in [5, 5.41) is 12.7. The summed E-state index contributed by atoms with van der Waals surface area (Å²) in [6.45, 7) is 0. The first kappa shape index (κ1) is 11.6. The Hall–Kier alpha value is -1.89. The molecule has 0 unspecified atom stereocenters. The van der Waals surface area contributed by atoms with Crippen LogP contribution in [0.1, 0.15) is 0 Å². The largest absolute Gasteiger partial charge is 0.493 e. The van der Waals surface area contributed by atoms with E-state index >= 15 is 0 Å². The molecule has 6 nitrogen and oxygen atoms in total. The summed E-state index contributed by atoms with van der Waals surface area (Å²) in [5.74, 6) is 0.572. The highest BCUT2D eigenvalue weighted by molar-refractivity contribution is 9.10. The van der Waals surface area contributed by atoms with Gasteiger partial charge in [0.15, 0.2) is 11.4 Å². The molecule has 1 heterocycles. The van der Waals surface area contributed by atoms with E-state index < -0.39 is 0 Å². The van der Waals surface area contributed by atoms with E-state index in [0.717, 1.165) is 4.47 Å². The molecule has 0 bridgehead atoms. The molecule has 0 aliphatic heterocycles. The third kappa shape index (κ3) is 2.44. The lowest BCUT2D eigenvalue weighted by atomic mass is 10.3. The second-order valence-corrected chi connectivity index (χ2v) is 3.97. The quantitative estimate of drug-likeness (QED) is 0.854. The van der Waals surface area contributed by atoms with Gasteiger partial charge in [0.2, 0.25) is 0 Å². The second-order valence-electron chi connectivity index (χ2n) is 3.12. The van der Waals surface area contributed by atoms with Gasteiger partial charge in [-0.15, -0.1) is 10.2 Å².